The summed E-state index contributed by atoms with van der Waals surface area (Å²) in [6.45, 7) is 0.116. The van der Waals surface area contributed by atoms with E-state index in [2.05, 4.69) is 20.7 Å². The third-order valence-corrected chi connectivity index (χ3v) is 7.08. The van der Waals surface area contributed by atoms with Crippen molar-refractivity contribution < 1.29 is 21.6 Å². The van der Waals surface area contributed by atoms with Crippen LogP contribution >= 0.6 is 0 Å². The third kappa shape index (κ3) is 5.21. The molecule has 0 radical (unpaired) electrons. The van der Waals surface area contributed by atoms with Gasteiger partial charge in [0.1, 0.15) is 0 Å². The highest BCUT2D eigenvalue weighted by atomic mass is 32.2. The molecule has 0 aromatic carbocycles. The van der Waals surface area contributed by atoms with Crippen LogP contribution in [0.15, 0.2) is 17.3 Å². The zero-order chi connectivity index (χ0) is 21.1. The Kier molecular flexibility index (Phi) is 6.72. The Morgan fingerprint density at radius 2 is 1.90 bits per heavy atom. The van der Waals surface area contributed by atoms with Crippen molar-refractivity contribution in [3.8, 4) is 0 Å². The van der Waals surface area contributed by atoms with E-state index in [0.717, 1.165) is 18.5 Å². The predicted molar refractivity (Wildman–Crippen MR) is 103 cm³/mol. The number of hydrogen-bond acceptors (Lipinski definition) is 4. The van der Waals surface area contributed by atoms with Crippen LogP contribution in [0.5, 0.6) is 0 Å². The van der Waals surface area contributed by atoms with Gasteiger partial charge in [-0.1, -0.05) is 12.8 Å². The fourth-order valence-corrected chi connectivity index (χ4v) is 4.78. The molecule has 0 atom stereocenters. The van der Waals surface area contributed by atoms with Gasteiger partial charge >= 0.3 is 15.5 Å². The Bertz CT molecular complexity index is 809. The summed E-state index contributed by atoms with van der Waals surface area (Å²) in [4.78, 5) is 4.14. The molecule has 0 bridgehead atoms. The van der Waals surface area contributed by atoms with Crippen molar-refractivity contribution in [2.24, 2.45) is 4.99 Å². The van der Waals surface area contributed by atoms with Gasteiger partial charge in [0.15, 0.2) is 5.96 Å². The molecule has 1 aliphatic heterocycles. The molecule has 2 heterocycles. The minimum atomic E-state index is -5.26. The summed E-state index contributed by atoms with van der Waals surface area (Å²) < 4.78 is 63.5. The van der Waals surface area contributed by atoms with Gasteiger partial charge in [-0.3, -0.25) is 9.67 Å². The smallest absolute Gasteiger partial charge is 0.354 e. The van der Waals surface area contributed by atoms with Crippen molar-refractivity contribution in [3.05, 3.63) is 18.0 Å². The van der Waals surface area contributed by atoms with E-state index in [0.29, 0.717) is 22.9 Å². The lowest BCUT2D eigenvalue weighted by Crippen LogP contribution is -2.51. The Morgan fingerprint density at radius 1 is 1.24 bits per heavy atom. The van der Waals surface area contributed by atoms with E-state index in [9.17, 15) is 21.6 Å². The van der Waals surface area contributed by atoms with Crippen LogP contribution in [-0.4, -0.2) is 60.2 Å². The molecule has 0 unspecified atom stereocenters. The number of halogens is 3. The Morgan fingerprint density at radius 3 is 2.48 bits per heavy atom. The van der Waals surface area contributed by atoms with Crippen LogP contribution in [0.25, 0.3) is 0 Å². The second-order valence-corrected chi connectivity index (χ2v) is 9.35. The predicted octanol–water partition coefficient (Wildman–Crippen LogP) is 1.98. The van der Waals surface area contributed by atoms with Gasteiger partial charge in [0.05, 0.1) is 18.3 Å². The number of aliphatic imine (C=N–C) groups is 1. The topological polar surface area (TPSA) is 91.6 Å². The highest BCUT2D eigenvalue weighted by Crippen LogP contribution is 2.29. The number of guanidine groups is 1. The van der Waals surface area contributed by atoms with Crippen LogP contribution in [0.4, 0.5) is 13.2 Å². The van der Waals surface area contributed by atoms with Gasteiger partial charge in [-0.25, -0.2) is 8.42 Å². The fourth-order valence-electron chi connectivity index (χ4n) is 3.79. The lowest BCUT2D eigenvalue weighted by molar-refractivity contribution is -0.0494. The third-order valence-electron chi connectivity index (χ3n) is 5.45. The fraction of sp³-hybridized carbons (Fsp3) is 0.765. The Balaban J connectivity index is 1.46. The lowest BCUT2D eigenvalue weighted by Gasteiger charge is -2.32. The second kappa shape index (κ2) is 8.90. The molecule has 0 spiro atoms. The minimum absolute atomic E-state index is 0.156. The molecule has 12 heteroatoms. The van der Waals surface area contributed by atoms with E-state index in [1.165, 1.54) is 12.8 Å². The molecule has 2 N–H and O–H groups in total. The molecule has 0 amide bonds. The van der Waals surface area contributed by atoms with Crippen LogP contribution in [-0.2, 0) is 16.6 Å². The zero-order valence-corrected chi connectivity index (χ0v) is 17.1. The van der Waals surface area contributed by atoms with Crippen LogP contribution in [0.3, 0.4) is 0 Å². The van der Waals surface area contributed by atoms with Crippen LogP contribution < -0.4 is 10.6 Å². The highest BCUT2D eigenvalue weighted by Gasteiger charge is 2.50. The number of aromatic nitrogens is 2. The van der Waals surface area contributed by atoms with E-state index >= 15 is 0 Å². The summed E-state index contributed by atoms with van der Waals surface area (Å²) in [5.41, 5.74) is -4.38. The summed E-state index contributed by atoms with van der Waals surface area (Å²) in [5, 5.41) is 10.9. The van der Waals surface area contributed by atoms with Gasteiger partial charge in [-0.2, -0.15) is 22.6 Å². The van der Waals surface area contributed by atoms with Crippen LogP contribution in [0.1, 0.15) is 50.3 Å². The van der Waals surface area contributed by atoms with Gasteiger partial charge in [0.25, 0.3) is 0 Å². The van der Waals surface area contributed by atoms with E-state index in [4.69, 9.17) is 0 Å². The summed E-state index contributed by atoms with van der Waals surface area (Å²) in [6.07, 6.45) is 7.30. The van der Waals surface area contributed by atoms with Crippen LogP contribution in [0, 0.1) is 0 Å². The average molecular weight is 437 g/mol. The van der Waals surface area contributed by atoms with Gasteiger partial charge in [0.2, 0.25) is 0 Å². The molecule has 1 aromatic heterocycles. The van der Waals surface area contributed by atoms with E-state index in [-0.39, 0.29) is 32.0 Å². The van der Waals surface area contributed by atoms with Crippen LogP contribution in [0.2, 0.25) is 0 Å². The molecule has 2 aliphatic rings. The minimum Gasteiger partial charge on any atom is -0.354 e. The van der Waals surface area contributed by atoms with Gasteiger partial charge in [-0.15, -0.1) is 0 Å². The highest BCUT2D eigenvalue weighted by molar-refractivity contribution is 7.90. The van der Waals surface area contributed by atoms with Crippen molar-refractivity contribution in [1.29, 1.82) is 0 Å². The maximum absolute atomic E-state index is 12.7. The Hall–Kier alpha value is -1.82. The van der Waals surface area contributed by atoms with Crippen molar-refractivity contribution in [2.75, 3.05) is 20.1 Å². The SMILES string of the molecule is CN=C(NCc1ccn(C2CCCC2)n1)NC1CCN(S(=O)(=O)C(F)(F)F)CC1. The first kappa shape index (κ1) is 21.9. The largest absolute Gasteiger partial charge is 0.511 e. The number of piperidine rings is 1. The molecule has 1 saturated heterocycles. The maximum atomic E-state index is 12.7. The number of nitrogens with one attached hydrogen (secondary N) is 2. The van der Waals surface area contributed by atoms with Crippen molar-refractivity contribution in [3.63, 3.8) is 0 Å². The molecule has 29 heavy (non-hydrogen) atoms. The zero-order valence-electron chi connectivity index (χ0n) is 16.3. The second-order valence-electron chi connectivity index (χ2n) is 7.42. The molecule has 2 fully saturated rings. The monoisotopic (exact) mass is 436 g/mol. The van der Waals surface area contributed by atoms with Crippen molar-refractivity contribution >= 4 is 16.0 Å². The molecule has 3 rings (SSSR count). The normalized spacial score (nSPS) is 20.9. The summed E-state index contributed by atoms with van der Waals surface area (Å²) in [6, 6.07) is 2.27. The molecular formula is C17H27F3N6O2S. The number of sulfonamides is 1. The molecule has 1 aliphatic carbocycles. The average Bonchev–Trinajstić information content (AvgIpc) is 3.36. The van der Waals surface area contributed by atoms with E-state index in [1.807, 2.05) is 16.9 Å². The van der Waals surface area contributed by atoms with E-state index < -0.39 is 15.5 Å². The molecule has 1 aromatic rings. The number of hydrogen-bond donors (Lipinski definition) is 2. The number of rotatable bonds is 5. The van der Waals surface area contributed by atoms with Gasteiger partial charge < -0.3 is 10.6 Å². The molecule has 1 saturated carbocycles. The first-order valence-corrected chi connectivity index (χ1v) is 11.2. The maximum Gasteiger partial charge on any atom is 0.511 e. The molecule has 8 nitrogen and oxygen atoms in total. The standard InChI is InChI=1S/C17H27F3N6O2S/c1-21-16(22-12-14-8-11-26(24-14)15-4-2-3-5-15)23-13-6-9-25(10-7-13)29(27,28)17(18,19)20/h8,11,13,15H,2-7,9-10,12H2,1H3,(H2,21,22,23). The first-order valence-electron chi connectivity index (χ1n) is 9.78. The van der Waals surface area contributed by atoms with E-state index in [1.54, 1.807) is 7.05 Å². The molecule has 164 valence electrons. The summed E-state index contributed by atoms with van der Waals surface area (Å²) >= 11 is 0. The molecular weight excluding hydrogens is 409 g/mol. The van der Waals surface area contributed by atoms with Gasteiger partial charge in [0, 0.05) is 32.4 Å². The van der Waals surface area contributed by atoms with Gasteiger partial charge in [-0.05, 0) is 31.7 Å². The quantitative estimate of drug-likeness (QED) is 0.544. The first-order chi connectivity index (χ1) is 13.7. The number of alkyl halides is 3. The number of nitrogens with zero attached hydrogens (tertiary/aromatic N) is 4. The summed E-state index contributed by atoms with van der Waals surface area (Å²) in [7, 11) is -3.65. The van der Waals surface area contributed by atoms with Crippen molar-refractivity contribution in [1.82, 2.24) is 24.7 Å². The lowest BCUT2D eigenvalue weighted by atomic mass is 10.1. The van der Waals surface area contributed by atoms with Crippen molar-refractivity contribution in [2.45, 2.75) is 62.7 Å². The summed E-state index contributed by atoms with van der Waals surface area (Å²) in [5.74, 6) is 0.512. The Labute approximate surface area is 168 Å².